The standard InChI is InChI=1S/C15H14N2O/c18-15(13-7-2-1-3-8-13)14-9-6-12-17(14)16-10-4-5-11-16/h1-5,7-11H,6,12H2. The van der Waals surface area contributed by atoms with Gasteiger partial charge in [0.25, 0.3) is 0 Å². The molecule has 0 fully saturated rings. The highest BCUT2D eigenvalue weighted by molar-refractivity contribution is 6.10. The fourth-order valence-corrected chi connectivity index (χ4v) is 2.22. The molecule has 3 heteroatoms. The van der Waals surface area contributed by atoms with Crippen LogP contribution in [0.5, 0.6) is 0 Å². The molecule has 0 spiro atoms. The number of nitrogens with zero attached hydrogens (tertiary/aromatic N) is 2. The highest BCUT2D eigenvalue weighted by atomic mass is 16.1. The minimum Gasteiger partial charge on any atom is -0.287 e. The van der Waals surface area contributed by atoms with Crippen LogP contribution in [0.4, 0.5) is 0 Å². The summed E-state index contributed by atoms with van der Waals surface area (Å²) < 4.78 is 1.96. The Morgan fingerprint density at radius 1 is 1.00 bits per heavy atom. The number of Topliss-reactive ketones (excluding diaryl/α,β-unsaturated/α-hetero) is 1. The van der Waals surface area contributed by atoms with E-state index in [9.17, 15) is 4.79 Å². The maximum absolute atomic E-state index is 12.4. The third-order valence-electron chi connectivity index (χ3n) is 3.09. The lowest BCUT2D eigenvalue weighted by Crippen LogP contribution is -2.33. The fourth-order valence-electron chi connectivity index (χ4n) is 2.22. The third-order valence-corrected chi connectivity index (χ3v) is 3.09. The molecule has 0 aliphatic carbocycles. The predicted molar refractivity (Wildman–Crippen MR) is 71.0 cm³/mol. The van der Waals surface area contributed by atoms with Gasteiger partial charge in [0, 0.05) is 24.5 Å². The van der Waals surface area contributed by atoms with E-state index in [2.05, 4.69) is 0 Å². The Morgan fingerprint density at radius 2 is 1.72 bits per heavy atom. The van der Waals surface area contributed by atoms with Gasteiger partial charge in [0.15, 0.2) is 0 Å². The maximum atomic E-state index is 12.4. The fraction of sp³-hybridized carbons (Fsp3) is 0.133. The summed E-state index contributed by atoms with van der Waals surface area (Å²) in [7, 11) is 0. The van der Waals surface area contributed by atoms with Gasteiger partial charge in [0.05, 0.1) is 0 Å². The normalized spacial score (nSPS) is 14.7. The summed E-state index contributed by atoms with van der Waals surface area (Å²) in [6.07, 6.45) is 6.83. The molecular formula is C15H14N2O. The van der Waals surface area contributed by atoms with Crippen LogP contribution in [0.25, 0.3) is 0 Å². The van der Waals surface area contributed by atoms with E-state index < -0.39 is 0 Å². The molecule has 3 rings (SSSR count). The molecule has 90 valence electrons. The van der Waals surface area contributed by atoms with Gasteiger partial charge in [0.2, 0.25) is 5.78 Å². The average molecular weight is 238 g/mol. The van der Waals surface area contributed by atoms with Gasteiger partial charge < -0.3 is 0 Å². The van der Waals surface area contributed by atoms with E-state index in [1.54, 1.807) is 0 Å². The number of allylic oxidation sites excluding steroid dienone is 1. The number of benzene rings is 1. The molecule has 0 bridgehead atoms. The summed E-state index contributed by atoms with van der Waals surface area (Å²) >= 11 is 0. The van der Waals surface area contributed by atoms with Crippen molar-refractivity contribution in [2.45, 2.75) is 6.42 Å². The summed E-state index contributed by atoms with van der Waals surface area (Å²) in [4.78, 5) is 12.4. The van der Waals surface area contributed by atoms with E-state index in [1.807, 2.05) is 70.6 Å². The Kier molecular flexibility index (Phi) is 2.73. The van der Waals surface area contributed by atoms with E-state index >= 15 is 0 Å². The Hall–Kier alpha value is -2.29. The molecule has 1 aromatic heterocycles. The summed E-state index contributed by atoms with van der Waals surface area (Å²) in [5.74, 6) is 0.0850. The number of carbonyl (C=O) groups is 1. The minimum atomic E-state index is 0.0850. The lowest BCUT2D eigenvalue weighted by atomic mass is 10.1. The van der Waals surface area contributed by atoms with Crippen LogP contribution in [0.1, 0.15) is 16.8 Å². The van der Waals surface area contributed by atoms with Crippen molar-refractivity contribution in [3.05, 3.63) is 72.2 Å². The molecule has 0 amide bonds. The van der Waals surface area contributed by atoms with E-state index in [0.717, 1.165) is 24.2 Å². The van der Waals surface area contributed by atoms with Crippen molar-refractivity contribution in [1.82, 2.24) is 4.68 Å². The number of hydrogen-bond acceptors (Lipinski definition) is 2. The van der Waals surface area contributed by atoms with E-state index in [-0.39, 0.29) is 5.78 Å². The lowest BCUT2D eigenvalue weighted by molar-refractivity contribution is 0.102. The molecule has 2 heterocycles. The quantitative estimate of drug-likeness (QED) is 0.768. The van der Waals surface area contributed by atoms with E-state index in [0.29, 0.717) is 0 Å². The van der Waals surface area contributed by atoms with Crippen LogP contribution >= 0.6 is 0 Å². The van der Waals surface area contributed by atoms with Gasteiger partial charge in [-0.3, -0.25) is 14.5 Å². The van der Waals surface area contributed by atoms with Crippen LogP contribution in [-0.4, -0.2) is 17.0 Å². The Labute approximate surface area is 106 Å². The number of rotatable bonds is 3. The van der Waals surface area contributed by atoms with Gasteiger partial charge in [-0.05, 0) is 18.6 Å². The van der Waals surface area contributed by atoms with Gasteiger partial charge >= 0.3 is 0 Å². The molecule has 2 aromatic rings. The first-order chi connectivity index (χ1) is 8.86. The van der Waals surface area contributed by atoms with Crippen molar-refractivity contribution < 1.29 is 4.79 Å². The summed E-state index contributed by atoms with van der Waals surface area (Å²) in [5, 5.41) is 2.01. The Balaban J connectivity index is 1.90. The van der Waals surface area contributed by atoms with Crippen molar-refractivity contribution >= 4 is 5.78 Å². The van der Waals surface area contributed by atoms with Crippen molar-refractivity contribution in [3.63, 3.8) is 0 Å². The van der Waals surface area contributed by atoms with Crippen molar-refractivity contribution in [1.29, 1.82) is 0 Å². The summed E-state index contributed by atoms with van der Waals surface area (Å²) in [5.41, 5.74) is 1.50. The Morgan fingerprint density at radius 3 is 2.44 bits per heavy atom. The zero-order chi connectivity index (χ0) is 12.4. The molecule has 0 unspecified atom stereocenters. The number of ketones is 1. The second-order valence-electron chi connectivity index (χ2n) is 4.26. The number of aromatic nitrogens is 1. The zero-order valence-electron chi connectivity index (χ0n) is 9.99. The summed E-state index contributed by atoms with van der Waals surface area (Å²) in [6.45, 7) is 0.850. The highest BCUT2D eigenvalue weighted by Crippen LogP contribution is 2.18. The first kappa shape index (κ1) is 10.8. The SMILES string of the molecule is O=C(C1=CCCN1n1cccc1)c1ccccc1. The molecule has 1 aliphatic rings. The molecule has 1 aromatic carbocycles. The summed E-state index contributed by atoms with van der Waals surface area (Å²) in [6, 6.07) is 13.3. The molecule has 18 heavy (non-hydrogen) atoms. The van der Waals surface area contributed by atoms with Gasteiger partial charge in [-0.1, -0.05) is 36.4 Å². The molecule has 0 saturated carbocycles. The molecule has 0 atom stereocenters. The van der Waals surface area contributed by atoms with Gasteiger partial charge in [-0.25, -0.2) is 0 Å². The Bertz CT molecular complexity index is 570. The average Bonchev–Trinajstić information content (AvgIpc) is 3.09. The smallest absolute Gasteiger partial charge is 0.210 e. The van der Waals surface area contributed by atoms with Crippen LogP contribution < -0.4 is 5.01 Å². The third kappa shape index (κ3) is 1.84. The van der Waals surface area contributed by atoms with Gasteiger partial charge in [0.1, 0.15) is 5.70 Å². The first-order valence-electron chi connectivity index (χ1n) is 6.07. The monoisotopic (exact) mass is 238 g/mol. The molecule has 0 N–H and O–H groups in total. The minimum absolute atomic E-state index is 0.0850. The van der Waals surface area contributed by atoms with E-state index in [4.69, 9.17) is 0 Å². The van der Waals surface area contributed by atoms with Crippen molar-refractivity contribution in [3.8, 4) is 0 Å². The largest absolute Gasteiger partial charge is 0.287 e. The molecule has 3 nitrogen and oxygen atoms in total. The first-order valence-corrected chi connectivity index (χ1v) is 6.07. The number of carbonyl (C=O) groups excluding carboxylic acids is 1. The second kappa shape index (κ2) is 4.53. The van der Waals surface area contributed by atoms with Gasteiger partial charge in [-0.15, -0.1) is 0 Å². The zero-order valence-corrected chi connectivity index (χ0v) is 9.99. The van der Waals surface area contributed by atoms with Crippen molar-refractivity contribution in [2.75, 3.05) is 11.6 Å². The topological polar surface area (TPSA) is 25.2 Å². The predicted octanol–water partition coefficient (Wildman–Crippen LogP) is 2.60. The van der Waals surface area contributed by atoms with Crippen LogP contribution in [0.3, 0.4) is 0 Å². The molecule has 0 radical (unpaired) electrons. The van der Waals surface area contributed by atoms with Crippen molar-refractivity contribution in [2.24, 2.45) is 0 Å². The molecular weight excluding hydrogens is 224 g/mol. The van der Waals surface area contributed by atoms with Gasteiger partial charge in [-0.2, -0.15) is 0 Å². The van der Waals surface area contributed by atoms with Crippen LogP contribution in [-0.2, 0) is 0 Å². The second-order valence-corrected chi connectivity index (χ2v) is 4.26. The van der Waals surface area contributed by atoms with Crippen LogP contribution in [0.15, 0.2) is 66.6 Å². The van der Waals surface area contributed by atoms with Crippen LogP contribution in [0, 0.1) is 0 Å². The number of hydrogen-bond donors (Lipinski definition) is 0. The highest BCUT2D eigenvalue weighted by Gasteiger charge is 2.23. The maximum Gasteiger partial charge on any atom is 0.210 e. The molecule has 0 saturated heterocycles. The molecule has 1 aliphatic heterocycles. The lowest BCUT2D eigenvalue weighted by Gasteiger charge is -2.22. The van der Waals surface area contributed by atoms with Crippen LogP contribution in [0.2, 0.25) is 0 Å². The van der Waals surface area contributed by atoms with E-state index in [1.165, 1.54) is 0 Å².